The average molecular weight is 315 g/mol. The topological polar surface area (TPSA) is 84.7 Å². The van der Waals surface area contributed by atoms with Gasteiger partial charge in [-0.25, -0.2) is 9.78 Å². The van der Waals surface area contributed by atoms with E-state index in [1.807, 2.05) is 6.07 Å². The van der Waals surface area contributed by atoms with E-state index in [4.69, 9.17) is 4.74 Å². The second kappa shape index (κ2) is 6.21. The smallest absolute Gasteiger partial charge is 0.341 e. The van der Waals surface area contributed by atoms with Gasteiger partial charge in [-0.05, 0) is 30.7 Å². The summed E-state index contributed by atoms with van der Waals surface area (Å²) in [6, 6.07) is 5.20. The van der Waals surface area contributed by atoms with Gasteiger partial charge in [-0.15, -0.1) is 0 Å². The summed E-state index contributed by atoms with van der Waals surface area (Å²) in [5.41, 5.74) is 0.203. The highest BCUT2D eigenvalue weighted by Crippen LogP contribution is 2.15. The van der Waals surface area contributed by atoms with E-state index < -0.39 is 11.5 Å². The molecule has 0 radical (unpaired) electrons. The predicted octanol–water partition coefficient (Wildman–Crippen LogP) is 1.08. The zero-order valence-electron chi connectivity index (χ0n) is 12.7. The van der Waals surface area contributed by atoms with Gasteiger partial charge in [0.25, 0.3) is 5.56 Å². The number of nitrogens with zero attached hydrogens (tertiary/aromatic N) is 3. The van der Waals surface area contributed by atoms with Gasteiger partial charge >= 0.3 is 5.97 Å². The Morgan fingerprint density at radius 1 is 1.26 bits per heavy atom. The summed E-state index contributed by atoms with van der Waals surface area (Å²) >= 11 is 0. The highest BCUT2D eigenvalue weighted by Gasteiger charge is 2.16. The molecule has 0 spiro atoms. The number of rotatable bonds is 3. The van der Waals surface area contributed by atoms with Gasteiger partial charge in [0.2, 0.25) is 0 Å². The Morgan fingerprint density at radius 3 is 2.61 bits per heavy atom. The molecule has 3 rings (SSSR count). The van der Waals surface area contributed by atoms with Crippen molar-refractivity contribution in [1.82, 2.24) is 9.55 Å². The minimum absolute atomic E-state index is 0.218. The Labute approximate surface area is 132 Å². The Balaban J connectivity index is 1.95. The van der Waals surface area contributed by atoms with Crippen LogP contribution in [0.4, 0.5) is 5.82 Å². The first kappa shape index (κ1) is 15.2. The number of pyridine rings is 2. The molecule has 0 amide bonds. The van der Waals surface area contributed by atoms with Gasteiger partial charge in [0.05, 0.1) is 25.1 Å². The molecule has 7 nitrogen and oxygen atoms in total. The molecule has 0 aromatic carbocycles. The molecule has 1 fully saturated rings. The molecule has 3 heterocycles. The van der Waals surface area contributed by atoms with E-state index >= 15 is 0 Å². The van der Waals surface area contributed by atoms with Crippen molar-refractivity contribution in [3.63, 3.8) is 0 Å². The fourth-order valence-corrected chi connectivity index (χ4v) is 2.59. The lowest BCUT2D eigenvalue weighted by Crippen LogP contribution is -2.36. The Kier molecular flexibility index (Phi) is 4.12. The molecule has 0 unspecified atom stereocenters. The standard InChI is InChI=1S/C16H17N3O4/c1-11-4-5-19(15(20)14(11)16(21)22)12-2-3-13(17-10-12)18-6-8-23-9-7-18/h2-5,10H,6-9H2,1H3,(H,21,22). The van der Waals surface area contributed by atoms with E-state index in [1.54, 1.807) is 31.5 Å². The fourth-order valence-electron chi connectivity index (χ4n) is 2.59. The molecule has 7 heteroatoms. The zero-order chi connectivity index (χ0) is 16.4. The highest BCUT2D eigenvalue weighted by atomic mass is 16.5. The molecular weight excluding hydrogens is 298 g/mol. The number of hydrogen-bond acceptors (Lipinski definition) is 5. The van der Waals surface area contributed by atoms with Crippen molar-refractivity contribution >= 4 is 11.8 Å². The molecular formula is C16H17N3O4. The van der Waals surface area contributed by atoms with Crippen molar-refractivity contribution in [1.29, 1.82) is 0 Å². The van der Waals surface area contributed by atoms with Crippen molar-refractivity contribution in [2.24, 2.45) is 0 Å². The minimum atomic E-state index is -1.22. The van der Waals surface area contributed by atoms with E-state index in [-0.39, 0.29) is 5.56 Å². The van der Waals surface area contributed by atoms with Gasteiger partial charge in [-0.3, -0.25) is 9.36 Å². The summed E-state index contributed by atoms with van der Waals surface area (Å²) in [5, 5.41) is 9.18. The highest BCUT2D eigenvalue weighted by molar-refractivity contribution is 5.88. The number of aryl methyl sites for hydroxylation is 1. The maximum atomic E-state index is 12.3. The number of aromatic nitrogens is 2. The summed E-state index contributed by atoms with van der Waals surface area (Å²) in [6.45, 7) is 4.50. The van der Waals surface area contributed by atoms with Gasteiger partial charge in [-0.1, -0.05) is 0 Å². The summed E-state index contributed by atoms with van der Waals surface area (Å²) in [5.74, 6) is -0.407. The average Bonchev–Trinajstić information content (AvgIpc) is 2.56. The molecule has 1 N–H and O–H groups in total. The van der Waals surface area contributed by atoms with Gasteiger partial charge in [0.1, 0.15) is 11.4 Å². The van der Waals surface area contributed by atoms with Crippen LogP contribution in [-0.4, -0.2) is 46.9 Å². The molecule has 0 atom stereocenters. The molecule has 120 valence electrons. The maximum absolute atomic E-state index is 12.3. The first-order chi connectivity index (χ1) is 11.1. The maximum Gasteiger partial charge on any atom is 0.341 e. The van der Waals surface area contributed by atoms with Crippen LogP contribution in [0.2, 0.25) is 0 Å². The van der Waals surface area contributed by atoms with Crippen molar-refractivity contribution < 1.29 is 14.6 Å². The molecule has 0 aliphatic carbocycles. The molecule has 1 saturated heterocycles. The molecule has 2 aromatic rings. The van der Waals surface area contributed by atoms with E-state index in [0.717, 1.165) is 18.9 Å². The molecule has 23 heavy (non-hydrogen) atoms. The second-order valence-corrected chi connectivity index (χ2v) is 5.33. The van der Waals surface area contributed by atoms with Crippen LogP contribution in [0.25, 0.3) is 5.69 Å². The summed E-state index contributed by atoms with van der Waals surface area (Å²) in [4.78, 5) is 30.1. The molecule has 0 saturated carbocycles. The SMILES string of the molecule is Cc1ccn(-c2ccc(N3CCOCC3)nc2)c(=O)c1C(=O)O. The van der Waals surface area contributed by atoms with Gasteiger partial charge in [-0.2, -0.15) is 0 Å². The van der Waals surface area contributed by atoms with Crippen molar-refractivity contribution in [2.75, 3.05) is 31.2 Å². The monoisotopic (exact) mass is 315 g/mol. The van der Waals surface area contributed by atoms with Crippen molar-refractivity contribution in [2.45, 2.75) is 6.92 Å². The third-order valence-electron chi connectivity index (χ3n) is 3.86. The molecule has 1 aliphatic rings. The third-order valence-corrected chi connectivity index (χ3v) is 3.86. The Hall–Kier alpha value is -2.67. The lowest BCUT2D eigenvalue weighted by molar-refractivity contribution is 0.0693. The van der Waals surface area contributed by atoms with Crippen LogP contribution in [-0.2, 0) is 4.74 Å². The van der Waals surface area contributed by atoms with Crippen LogP contribution in [0, 0.1) is 6.92 Å². The Morgan fingerprint density at radius 2 is 2.00 bits per heavy atom. The number of carbonyl (C=O) groups is 1. The summed E-state index contributed by atoms with van der Waals surface area (Å²) in [6.07, 6.45) is 3.14. The first-order valence-electron chi connectivity index (χ1n) is 7.32. The van der Waals surface area contributed by atoms with E-state index in [1.165, 1.54) is 4.57 Å². The first-order valence-corrected chi connectivity index (χ1v) is 7.32. The second-order valence-electron chi connectivity index (χ2n) is 5.33. The zero-order valence-corrected chi connectivity index (χ0v) is 12.7. The fraction of sp³-hybridized carbons (Fsp3) is 0.312. The van der Waals surface area contributed by atoms with Gasteiger partial charge in [0.15, 0.2) is 0 Å². The van der Waals surface area contributed by atoms with Crippen LogP contribution in [0.15, 0.2) is 35.4 Å². The van der Waals surface area contributed by atoms with Gasteiger partial charge < -0.3 is 14.7 Å². The number of carboxylic acids is 1. The quantitative estimate of drug-likeness (QED) is 0.912. The summed E-state index contributed by atoms with van der Waals surface area (Å²) < 4.78 is 6.60. The summed E-state index contributed by atoms with van der Waals surface area (Å²) in [7, 11) is 0. The number of hydrogen-bond donors (Lipinski definition) is 1. The van der Waals surface area contributed by atoms with E-state index in [0.29, 0.717) is 24.5 Å². The van der Waals surface area contributed by atoms with Crippen LogP contribution in [0.1, 0.15) is 15.9 Å². The van der Waals surface area contributed by atoms with Crippen LogP contribution < -0.4 is 10.5 Å². The molecule has 0 bridgehead atoms. The lowest BCUT2D eigenvalue weighted by atomic mass is 10.1. The number of morpholine rings is 1. The third kappa shape index (κ3) is 2.95. The van der Waals surface area contributed by atoms with E-state index in [2.05, 4.69) is 9.88 Å². The normalized spacial score (nSPS) is 14.7. The lowest BCUT2D eigenvalue weighted by Gasteiger charge is -2.27. The molecule has 1 aliphatic heterocycles. The molecule has 2 aromatic heterocycles. The van der Waals surface area contributed by atoms with Crippen molar-refractivity contribution in [3.8, 4) is 5.69 Å². The van der Waals surface area contributed by atoms with Crippen LogP contribution in [0.3, 0.4) is 0 Å². The van der Waals surface area contributed by atoms with Gasteiger partial charge in [0, 0.05) is 19.3 Å². The number of carboxylic acid groups (broad SMARTS) is 1. The predicted molar refractivity (Wildman–Crippen MR) is 84.6 cm³/mol. The number of ether oxygens (including phenoxy) is 1. The Bertz CT molecular complexity index is 777. The number of aromatic carboxylic acids is 1. The minimum Gasteiger partial charge on any atom is -0.477 e. The van der Waals surface area contributed by atoms with Crippen molar-refractivity contribution in [3.05, 3.63) is 52.1 Å². The van der Waals surface area contributed by atoms with E-state index in [9.17, 15) is 14.7 Å². The van der Waals surface area contributed by atoms with Crippen LogP contribution in [0.5, 0.6) is 0 Å². The van der Waals surface area contributed by atoms with Crippen LogP contribution >= 0.6 is 0 Å². The largest absolute Gasteiger partial charge is 0.477 e. The number of anilines is 1.